The summed E-state index contributed by atoms with van der Waals surface area (Å²) in [5, 5.41) is 8.74. The molecule has 1 N–H and O–H groups in total. The lowest BCUT2D eigenvalue weighted by Crippen LogP contribution is -2.43. The van der Waals surface area contributed by atoms with Crippen LogP contribution in [0.3, 0.4) is 0 Å². The van der Waals surface area contributed by atoms with Crippen LogP contribution < -0.4 is 4.90 Å². The molecule has 1 aromatic rings. The van der Waals surface area contributed by atoms with Crippen molar-refractivity contribution in [3.63, 3.8) is 0 Å². The summed E-state index contributed by atoms with van der Waals surface area (Å²) in [4.78, 5) is 10.8. The third kappa shape index (κ3) is 9.58. The Hall–Kier alpha value is -1.68. The number of aliphatic hydroxyl groups is 1. The molecule has 2 heterocycles. The van der Waals surface area contributed by atoms with Gasteiger partial charge < -0.3 is 19.5 Å². The number of methoxy groups -OCH3 is 1. The van der Waals surface area contributed by atoms with Crippen molar-refractivity contribution in [2.24, 2.45) is 0 Å². The molecule has 1 saturated carbocycles. The summed E-state index contributed by atoms with van der Waals surface area (Å²) in [6, 6.07) is 1.90. The summed E-state index contributed by atoms with van der Waals surface area (Å²) in [5.41, 5.74) is 0. The minimum atomic E-state index is -0.179. The van der Waals surface area contributed by atoms with Crippen molar-refractivity contribution >= 4 is 5.82 Å². The highest BCUT2D eigenvalue weighted by Gasteiger charge is 2.33. The van der Waals surface area contributed by atoms with Crippen molar-refractivity contribution in [2.75, 3.05) is 31.7 Å². The number of anilines is 1. The van der Waals surface area contributed by atoms with Gasteiger partial charge >= 0.3 is 0 Å². The second-order valence-electron chi connectivity index (χ2n) is 5.97. The van der Waals surface area contributed by atoms with Crippen molar-refractivity contribution in [1.82, 2.24) is 9.97 Å². The smallest absolute Gasteiger partial charge is 0.206 e. The molecule has 29 heavy (non-hydrogen) atoms. The summed E-state index contributed by atoms with van der Waals surface area (Å²) in [6.45, 7) is 13.7. The SMILES string of the molecule is CC.CC.CC.COC1CC(OC2CCN(c3ccnc(C#CCO)n3)CC2)C1. The highest BCUT2D eigenvalue weighted by Crippen LogP contribution is 2.29. The normalized spacial score (nSPS) is 20.2. The van der Waals surface area contributed by atoms with Gasteiger partial charge in [-0.2, -0.15) is 0 Å². The zero-order valence-electron chi connectivity index (χ0n) is 19.4. The van der Waals surface area contributed by atoms with Gasteiger partial charge in [0.05, 0.1) is 18.3 Å². The van der Waals surface area contributed by atoms with E-state index < -0.39 is 0 Å². The van der Waals surface area contributed by atoms with Gasteiger partial charge in [-0.1, -0.05) is 47.5 Å². The van der Waals surface area contributed by atoms with E-state index in [2.05, 4.69) is 26.7 Å². The molecule has 0 radical (unpaired) electrons. The van der Waals surface area contributed by atoms with Crippen LogP contribution in [0.2, 0.25) is 0 Å². The minimum absolute atomic E-state index is 0.179. The van der Waals surface area contributed by atoms with E-state index in [1.807, 2.05) is 47.6 Å². The second kappa shape index (κ2) is 17.2. The third-order valence-corrected chi connectivity index (χ3v) is 4.46. The fourth-order valence-corrected chi connectivity index (χ4v) is 3.02. The number of hydrogen-bond donors (Lipinski definition) is 1. The number of aliphatic hydroxyl groups excluding tert-OH is 1. The van der Waals surface area contributed by atoms with Gasteiger partial charge in [0.15, 0.2) is 0 Å². The maximum Gasteiger partial charge on any atom is 0.206 e. The predicted molar refractivity (Wildman–Crippen MR) is 120 cm³/mol. The zero-order chi connectivity index (χ0) is 22.1. The molecule has 1 aliphatic carbocycles. The number of hydrogen-bond acceptors (Lipinski definition) is 6. The number of rotatable bonds is 4. The van der Waals surface area contributed by atoms with Gasteiger partial charge in [-0.3, -0.25) is 0 Å². The first kappa shape index (κ1) is 27.3. The van der Waals surface area contributed by atoms with Crippen molar-refractivity contribution in [1.29, 1.82) is 0 Å². The summed E-state index contributed by atoms with van der Waals surface area (Å²) >= 11 is 0. The molecule has 0 atom stereocenters. The van der Waals surface area contributed by atoms with E-state index in [9.17, 15) is 0 Å². The van der Waals surface area contributed by atoms with Crippen LogP contribution in [0.1, 0.15) is 73.1 Å². The van der Waals surface area contributed by atoms with E-state index in [0.717, 1.165) is 44.6 Å². The van der Waals surface area contributed by atoms with Crippen LogP contribution in [0.4, 0.5) is 5.82 Å². The van der Waals surface area contributed by atoms with E-state index >= 15 is 0 Å². The highest BCUT2D eigenvalue weighted by molar-refractivity contribution is 5.40. The number of ether oxygens (including phenoxy) is 2. The zero-order valence-corrected chi connectivity index (χ0v) is 19.4. The van der Waals surface area contributed by atoms with Crippen LogP contribution in [0, 0.1) is 11.8 Å². The van der Waals surface area contributed by atoms with E-state index in [1.165, 1.54) is 0 Å². The average Bonchev–Trinajstić information content (AvgIpc) is 2.79. The maximum absolute atomic E-state index is 8.74. The van der Waals surface area contributed by atoms with Crippen LogP contribution >= 0.6 is 0 Å². The van der Waals surface area contributed by atoms with Crippen molar-refractivity contribution < 1.29 is 14.6 Å². The topological polar surface area (TPSA) is 67.7 Å². The van der Waals surface area contributed by atoms with Gasteiger partial charge in [-0.15, -0.1) is 0 Å². The van der Waals surface area contributed by atoms with Crippen LogP contribution in [-0.2, 0) is 9.47 Å². The Balaban J connectivity index is 0.00000120. The lowest BCUT2D eigenvalue weighted by atomic mass is 9.91. The molecule has 0 aromatic carbocycles. The van der Waals surface area contributed by atoms with Crippen molar-refractivity contribution in [2.45, 2.75) is 85.5 Å². The Morgan fingerprint density at radius 1 is 1.03 bits per heavy atom. The molecular weight excluding hydrogens is 366 g/mol. The Labute approximate surface area is 178 Å². The van der Waals surface area contributed by atoms with Gasteiger partial charge in [-0.25, -0.2) is 9.97 Å². The first-order valence-electron chi connectivity index (χ1n) is 11.1. The lowest BCUT2D eigenvalue weighted by Gasteiger charge is -2.39. The summed E-state index contributed by atoms with van der Waals surface area (Å²) < 4.78 is 11.4. The molecule has 1 aromatic heterocycles. The maximum atomic E-state index is 8.74. The third-order valence-electron chi connectivity index (χ3n) is 4.46. The molecule has 6 nitrogen and oxygen atoms in total. The van der Waals surface area contributed by atoms with Gasteiger partial charge in [0.2, 0.25) is 5.82 Å². The number of piperidine rings is 1. The number of nitrogens with zero attached hydrogens (tertiary/aromatic N) is 3. The van der Waals surface area contributed by atoms with Crippen molar-refractivity contribution in [3.8, 4) is 11.8 Å². The van der Waals surface area contributed by atoms with Crippen molar-refractivity contribution in [3.05, 3.63) is 18.1 Å². The van der Waals surface area contributed by atoms with Crippen LogP contribution in [-0.4, -0.2) is 60.2 Å². The Morgan fingerprint density at radius 3 is 2.21 bits per heavy atom. The highest BCUT2D eigenvalue weighted by atomic mass is 16.5. The van der Waals surface area contributed by atoms with Gasteiger partial charge in [0, 0.05) is 26.4 Å². The second-order valence-corrected chi connectivity index (χ2v) is 5.97. The summed E-state index contributed by atoms with van der Waals surface area (Å²) in [5.74, 6) is 6.67. The predicted octanol–water partition coefficient (Wildman–Crippen LogP) is 4.06. The number of aromatic nitrogens is 2. The van der Waals surface area contributed by atoms with Gasteiger partial charge in [0.1, 0.15) is 12.4 Å². The standard InChI is InChI=1S/C17H23N3O3.3C2H6/c1-22-14-11-15(12-14)23-13-5-8-20(9-6-13)17-4-7-18-16(19-17)3-2-10-21;3*1-2/h4,7,13-15,21H,5-6,8-12H2,1H3;3*1-2H3. The fraction of sp³-hybridized carbons (Fsp3) is 0.739. The van der Waals surface area contributed by atoms with Gasteiger partial charge in [0.25, 0.3) is 0 Å². The molecule has 6 heteroatoms. The van der Waals surface area contributed by atoms with E-state index in [-0.39, 0.29) is 6.61 Å². The molecule has 166 valence electrons. The quantitative estimate of drug-likeness (QED) is 0.759. The molecule has 1 saturated heterocycles. The van der Waals surface area contributed by atoms with E-state index in [0.29, 0.717) is 24.1 Å². The van der Waals surface area contributed by atoms with Crippen LogP contribution in [0.5, 0.6) is 0 Å². The first-order chi connectivity index (χ1) is 14.3. The van der Waals surface area contributed by atoms with E-state index in [4.69, 9.17) is 14.6 Å². The monoisotopic (exact) mass is 407 g/mol. The fourth-order valence-electron chi connectivity index (χ4n) is 3.02. The molecule has 0 unspecified atom stereocenters. The molecule has 2 fully saturated rings. The molecule has 0 bridgehead atoms. The molecule has 2 aliphatic rings. The molecule has 1 aliphatic heterocycles. The lowest BCUT2D eigenvalue weighted by molar-refractivity contribution is -0.119. The molecule has 0 amide bonds. The largest absolute Gasteiger partial charge is 0.384 e. The van der Waals surface area contributed by atoms with E-state index in [1.54, 1.807) is 13.3 Å². The average molecular weight is 408 g/mol. The van der Waals surface area contributed by atoms with Crippen LogP contribution in [0.25, 0.3) is 0 Å². The summed E-state index contributed by atoms with van der Waals surface area (Å²) in [6.07, 6.45) is 6.88. The molecule has 0 spiro atoms. The first-order valence-corrected chi connectivity index (χ1v) is 11.1. The molecular formula is C23H41N3O3. The summed E-state index contributed by atoms with van der Waals surface area (Å²) in [7, 11) is 1.76. The minimum Gasteiger partial charge on any atom is -0.384 e. The van der Waals surface area contributed by atoms with Gasteiger partial charge in [-0.05, 0) is 37.7 Å². The molecule has 3 rings (SSSR count). The Morgan fingerprint density at radius 2 is 1.66 bits per heavy atom. The Kier molecular flexibility index (Phi) is 16.2. The Bertz CT molecular complexity index is 572. The van der Waals surface area contributed by atoms with Crippen LogP contribution in [0.15, 0.2) is 12.3 Å².